The van der Waals surface area contributed by atoms with Gasteiger partial charge in [-0.2, -0.15) is 0 Å². The summed E-state index contributed by atoms with van der Waals surface area (Å²) in [6, 6.07) is 6.94. The molecule has 8 heteroatoms. The van der Waals surface area contributed by atoms with E-state index in [-0.39, 0.29) is 10.8 Å². The standard InChI is InChI=1S/C17H28N4O3S/c1-19-15-3-2-11-21(13-15)12-9-17(22)20-10-8-14-4-6-16(7-5-14)25(18,23)24/h4-7,15,19H,2-3,8-13H2,1H3,(H,20,22)(H2,18,23,24). The van der Waals surface area contributed by atoms with Gasteiger partial charge in [-0.15, -0.1) is 0 Å². The Morgan fingerprint density at radius 3 is 2.68 bits per heavy atom. The lowest BCUT2D eigenvalue weighted by Gasteiger charge is -2.32. The molecule has 1 fully saturated rings. The van der Waals surface area contributed by atoms with Crippen LogP contribution < -0.4 is 15.8 Å². The maximum absolute atomic E-state index is 12.0. The number of benzene rings is 1. The second-order valence-electron chi connectivity index (χ2n) is 6.47. The van der Waals surface area contributed by atoms with Crippen LogP contribution in [0.1, 0.15) is 24.8 Å². The van der Waals surface area contributed by atoms with Crippen molar-refractivity contribution in [3.8, 4) is 0 Å². The second kappa shape index (κ2) is 9.28. The number of carbonyl (C=O) groups is 1. The van der Waals surface area contributed by atoms with Crippen molar-refractivity contribution >= 4 is 15.9 Å². The number of hydrogen-bond donors (Lipinski definition) is 3. The molecule has 0 radical (unpaired) electrons. The Labute approximate surface area is 150 Å². The third-order valence-corrected chi connectivity index (χ3v) is 5.49. The maximum atomic E-state index is 12.0. The van der Waals surface area contributed by atoms with Crippen LogP contribution in [0, 0.1) is 0 Å². The van der Waals surface area contributed by atoms with Crippen molar-refractivity contribution < 1.29 is 13.2 Å². The molecule has 1 atom stereocenters. The Hall–Kier alpha value is -1.48. The molecular weight excluding hydrogens is 340 g/mol. The number of hydrogen-bond acceptors (Lipinski definition) is 5. The van der Waals surface area contributed by atoms with Crippen LogP contribution in [0.25, 0.3) is 0 Å². The number of nitrogens with zero attached hydrogens (tertiary/aromatic N) is 1. The number of sulfonamides is 1. The SMILES string of the molecule is CNC1CCCN(CCC(=O)NCCc2ccc(S(N)(=O)=O)cc2)C1. The van der Waals surface area contributed by atoms with Crippen LogP contribution in [0.3, 0.4) is 0 Å². The molecule has 1 aliphatic rings. The summed E-state index contributed by atoms with van der Waals surface area (Å²) >= 11 is 0. The lowest BCUT2D eigenvalue weighted by molar-refractivity contribution is -0.121. The average molecular weight is 369 g/mol. The Kier molecular flexibility index (Phi) is 7.37. The fourth-order valence-corrected chi connectivity index (χ4v) is 3.55. The van der Waals surface area contributed by atoms with Gasteiger partial charge in [0.25, 0.3) is 0 Å². The zero-order valence-corrected chi connectivity index (χ0v) is 15.5. The maximum Gasteiger partial charge on any atom is 0.238 e. The predicted octanol–water partition coefficient (Wildman–Crippen LogP) is 0.0666. The van der Waals surface area contributed by atoms with Gasteiger partial charge in [0.05, 0.1) is 4.90 Å². The predicted molar refractivity (Wildman–Crippen MR) is 97.7 cm³/mol. The van der Waals surface area contributed by atoms with Gasteiger partial charge in [0.15, 0.2) is 0 Å². The van der Waals surface area contributed by atoms with E-state index in [4.69, 9.17) is 5.14 Å². The van der Waals surface area contributed by atoms with Gasteiger partial charge in [-0.25, -0.2) is 13.6 Å². The van der Waals surface area contributed by atoms with Crippen LogP contribution in [0.4, 0.5) is 0 Å². The monoisotopic (exact) mass is 368 g/mol. The molecule has 1 aromatic rings. The fourth-order valence-electron chi connectivity index (χ4n) is 3.03. The third-order valence-electron chi connectivity index (χ3n) is 4.56. The second-order valence-corrected chi connectivity index (χ2v) is 8.03. The molecule has 0 aliphatic carbocycles. The highest BCUT2D eigenvalue weighted by atomic mass is 32.2. The number of rotatable bonds is 8. The molecule has 25 heavy (non-hydrogen) atoms. The summed E-state index contributed by atoms with van der Waals surface area (Å²) in [6.07, 6.45) is 3.52. The first-order valence-electron chi connectivity index (χ1n) is 8.66. The zero-order chi connectivity index (χ0) is 18.3. The Morgan fingerprint density at radius 1 is 1.32 bits per heavy atom. The van der Waals surface area contributed by atoms with Crippen molar-refractivity contribution in [2.24, 2.45) is 5.14 Å². The van der Waals surface area contributed by atoms with Gasteiger partial charge in [0.2, 0.25) is 15.9 Å². The minimum atomic E-state index is -3.66. The largest absolute Gasteiger partial charge is 0.356 e. The van der Waals surface area contributed by atoms with E-state index in [0.717, 1.165) is 25.2 Å². The van der Waals surface area contributed by atoms with Gasteiger partial charge >= 0.3 is 0 Å². The van der Waals surface area contributed by atoms with E-state index in [0.29, 0.717) is 25.4 Å². The number of amides is 1. The van der Waals surface area contributed by atoms with Crippen LogP contribution in [0.15, 0.2) is 29.2 Å². The summed E-state index contributed by atoms with van der Waals surface area (Å²) in [7, 11) is -1.67. The molecule has 1 unspecified atom stereocenters. The number of carbonyl (C=O) groups excluding carboxylic acids is 1. The molecule has 1 aromatic carbocycles. The van der Waals surface area contributed by atoms with Crippen LogP contribution in [-0.2, 0) is 21.2 Å². The molecule has 7 nitrogen and oxygen atoms in total. The van der Waals surface area contributed by atoms with Crippen LogP contribution >= 0.6 is 0 Å². The fraction of sp³-hybridized carbons (Fsp3) is 0.588. The first kappa shape index (κ1) is 19.8. The summed E-state index contributed by atoms with van der Waals surface area (Å²) < 4.78 is 22.4. The Morgan fingerprint density at radius 2 is 2.04 bits per heavy atom. The molecule has 0 spiro atoms. The highest BCUT2D eigenvalue weighted by Gasteiger charge is 2.18. The minimum absolute atomic E-state index is 0.0488. The van der Waals surface area contributed by atoms with E-state index >= 15 is 0 Å². The lowest BCUT2D eigenvalue weighted by atomic mass is 10.1. The van der Waals surface area contributed by atoms with Crippen molar-refractivity contribution in [2.45, 2.75) is 36.6 Å². The Bertz CT molecular complexity index is 661. The molecule has 2 rings (SSSR count). The summed E-state index contributed by atoms with van der Waals surface area (Å²) in [5.41, 5.74) is 0.959. The Balaban J connectivity index is 1.66. The number of nitrogens with one attached hydrogen (secondary N) is 2. The van der Waals surface area contributed by atoms with Gasteiger partial charge in [0, 0.05) is 32.1 Å². The molecule has 0 bridgehead atoms. The van der Waals surface area contributed by atoms with Gasteiger partial charge in [-0.3, -0.25) is 4.79 Å². The van der Waals surface area contributed by atoms with E-state index in [1.54, 1.807) is 12.1 Å². The molecule has 1 heterocycles. The molecule has 1 saturated heterocycles. The first-order chi connectivity index (χ1) is 11.9. The van der Waals surface area contributed by atoms with E-state index in [9.17, 15) is 13.2 Å². The van der Waals surface area contributed by atoms with Crippen LogP contribution in [-0.4, -0.2) is 58.5 Å². The summed E-state index contributed by atoms with van der Waals surface area (Å²) in [4.78, 5) is 14.4. The van der Waals surface area contributed by atoms with Crippen molar-refractivity contribution in [1.29, 1.82) is 0 Å². The smallest absolute Gasteiger partial charge is 0.238 e. The summed E-state index contributed by atoms with van der Waals surface area (Å²) in [5.74, 6) is 0.0488. The van der Waals surface area contributed by atoms with Gasteiger partial charge in [0.1, 0.15) is 0 Å². The minimum Gasteiger partial charge on any atom is -0.356 e. The van der Waals surface area contributed by atoms with Crippen molar-refractivity contribution in [3.63, 3.8) is 0 Å². The molecule has 140 valence electrons. The topological polar surface area (TPSA) is 105 Å². The van der Waals surface area contributed by atoms with Crippen LogP contribution in [0.5, 0.6) is 0 Å². The summed E-state index contributed by atoms with van der Waals surface area (Å²) in [5, 5.41) is 11.3. The molecular formula is C17H28N4O3S. The van der Waals surface area contributed by atoms with Gasteiger partial charge in [-0.05, 0) is 50.6 Å². The number of primary sulfonamides is 1. The zero-order valence-electron chi connectivity index (χ0n) is 14.7. The highest BCUT2D eigenvalue weighted by Crippen LogP contribution is 2.10. The number of nitrogens with two attached hydrogens (primary N) is 1. The molecule has 4 N–H and O–H groups in total. The van der Waals surface area contributed by atoms with Crippen LogP contribution in [0.2, 0.25) is 0 Å². The third kappa shape index (κ3) is 6.74. The number of likely N-dealkylation sites (tertiary alicyclic amines) is 1. The number of likely N-dealkylation sites (N-methyl/N-ethyl adjacent to an activating group) is 1. The van der Waals surface area contributed by atoms with Gasteiger partial charge < -0.3 is 15.5 Å². The summed E-state index contributed by atoms with van der Waals surface area (Å²) in [6.45, 7) is 3.38. The lowest BCUT2D eigenvalue weighted by Crippen LogP contribution is -2.45. The molecule has 1 amide bonds. The van der Waals surface area contributed by atoms with E-state index in [1.165, 1.54) is 25.0 Å². The van der Waals surface area contributed by atoms with Gasteiger partial charge in [-0.1, -0.05) is 12.1 Å². The van der Waals surface area contributed by atoms with Crippen molar-refractivity contribution in [3.05, 3.63) is 29.8 Å². The molecule has 0 aromatic heterocycles. The molecule has 0 saturated carbocycles. The normalized spacial score (nSPS) is 18.9. The van der Waals surface area contributed by atoms with Crippen molar-refractivity contribution in [1.82, 2.24) is 15.5 Å². The first-order valence-corrected chi connectivity index (χ1v) is 10.2. The quantitative estimate of drug-likeness (QED) is 0.602. The molecule has 1 aliphatic heterocycles. The van der Waals surface area contributed by atoms with Crippen molar-refractivity contribution in [2.75, 3.05) is 33.2 Å². The van der Waals surface area contributed by atoms with E-state index < -0.39 is 10.0 Å². The average Bonchev–Trinajstić information content (AvgIpc) is 2.60. The van der Waals surface area contributed by atoms with E-state index in [1.807, 2.05) is 7.05 Å². The van der Waals surface area contributed by atoms with E-state index in [2.05, 4.69) is 15.5 Å². The number of piperidine rings is 1. The highest BCUT2D eigenvalue weighted by molar-refractivity contribution is 7.89.